The van der Waals surface area contributed by atoms with E-state index in [2.05, 4.69) is 26.0 Å². The van der Waals surface area contributed by atoms with Gasteiger partial charge in [0.2, 0.25) is 0 Å². The molecule has 0 saturated heterocycles. The largest absolute Gasteiger partial charge is 0.480 e. The molecular weight excluding hydrogens is 202 g/mol. The summed E-state index contributed by atoms with van der Waals surface area (Å²) in [6, 6.07) is 8.11. The fraction of sp³-hybridized carbons (Fsp3) is 0.462. The normalized spacial score (nSPS) is 10.1. The first-order chi connectivity index (χ1) is 7.67. The van der Waals surface area contributed by atoms with E-state index in [0.717, 1.165) is 25.1 Å². The molecule has 1 aromatic carbocycles. The second-order valence-electron chi connectivity index (χ2n) is 3.84. The number of aliphatic carboxylic acids is 1. The first-order valence-corrected chi connectivity index (χ1v) is 5.73. The van der Waals surface area contributed by atoms with E-state index in [-0.39, 0.29) is 6.54 Å². The van der Waals surface area contributed by atoms with Gasteiger partial charge in [0.1, 0.15) is 6.54 Å². The number of rotatable bonds is 6. The smallest absolute Gasteiger partial charge is 0.323 e. The summed E-state index contributed by atoms with van der Waals surface area (Å²) in [6.07, 6.45) is 1.95. The fourth-order valence-corrected chi connectivity index (χ4v) is 1.68. The van der Waals surface area contributed by atoms with Crippen molar-refractivity contribution in [3.8, 4) is 0 Å². The first kappa shape index (κ1) is 12.6. The lowest BCUT2D eigenvalue weighted by molar-refractivity contribution is -0.135. The highest BCUT2D eigenvalue weighted by Crippen LogP contribution is 2.15. The van der Waals surface area contributed by atoms with Gasteiger partial charge < -0.3 is 10.0 Å². The standard InChI is InChI=1S/C13H19NO2/c1-3-9-14(10-13(15)16)12-7-5-11(4-2)6-8-12/h5-8H,3-4,9-10H2,1-2H3,(H,15,16). The number of carbonyl (C=O) groups is 1. The van der Waals surface area contributed by atoms with Crippen LogP contribution in [0.4, 0.5) is 5.69 Å². The Labute approximate surface area is 96.7 Å². The quantitative estimate of drug-likeness (QED) is 0.802. The summed E-state index contributed by atoms with van der Waals surface area (Å²) < 4.78 is 0. The van der Waals surface area contributed by atoms with Gasteiger partial charge in [0, 0.05) is 12.2 Å². The lowest BCUT2D eigenvalue weighted by atomic mass is 10.1. The molecule has 3 heteroatoms. The maximum Gasteiger partial charge on any atom is 0.323 e. The van der Waals surface area contributed by atoms with Crippen LogP contribution in [-0.2, 0) is 11.2 Å². The molecule has 0 radical (unpaired) electrons. The lowest BCUT2D eigenvalue weighted by Gasteiger charge is -2.22. The molecule has 1 rings (SSSR count). The van der Waals surface area contributed by atoms with Gasteiger partial charge in [0.25, 0.3) is 0 Å². The monoisotopic (exact) mass is 221 g/mol. The van der Waals surface area contributed by atoms with Crippen LogP contribution in [0.15, 0.2) is 24.3 Å². The zero-order valence-corrected chi connectivity index (χ0v) is 9.94. The van der Waals surface area contributed by atoms with Crippen molar-refractivity contribution in [1.82, 2.24) is 0 Å². The molecule has 1 aromatic rings. The molecule has 16 heavy (non-hydrogen) atoms. The average molecular weight is 221 g/mol. The number of anilines is 1. The second kappa shape index (κ2) is 6.16. The zero-order valence-electron chi connectivity index (χ0n) is 9.94. The van der Waals surface area contributed by atoms with Crippen molar-refractivity contribution in [3.63, 3.8) is 0 Å². The molecule has 88 valence electrons. The van der Waals surface area contributed by atoms with E-state index in [0.29, 0.717) is 0 Å². The summed E-state index contributed by atoms with van der Waals surface area (Å²) in [5.74, 6) is -0.784. The molecule has 0 fully saturated rings. The Morgan fingerprint density at radius 2 is 1.88 bits per heavy atom. The van der Waals surface area contributed by atoms with Crippen LogP contribution in [0.1, 0.15) is 25.8 Å². The Bertz CT molecular complexity index is 332. The average Bonchev–Trinajstić information content (AvgIpc) is 2.28. The molecule has 0 bridgehead atoms. The van der Waals surface area contributed by atoms with Gasteiger partial charge in [-0.2, -0.15) is 0 Å². The van der Waals surface area contributed by atoms with Gasteiger partial charge in [-0.1, -0.05) is 26.0 Å². The van der Waals surface area contributed by atoms with Gasteiger partial charge in [-0.25, -0.2) is 0 Å². The minimum Gasteiger partial charge on any atom is -0.480 e. The molecule has 0 amide bonds. The van der Waals surface area contributed by atoms with Gasteiger partial charge in [0.05, 0.1) is 0 Å². The molecule has 0 heterocycles. The van der Waals surface area contributed by atoms with E-state index < -0.39 is 5.97 Å². The predicted molar refractivity (Wildman–Crippen MR) is 66.0 cm³/mol. The Morgan fingerprint density at radius 1 is 1.25 bits per heavy atom. The van der Waals surface area contributed by atoms with Crippen LogP contribution >= 0.6 is 0 Å². The molecule has 0 spiro atoms. The van der Waals surface area contributed by atoms with Crippen LogP contribution in [-0.4, -0.2) is 24.2 Å². The van der Waals surface area contributed by atoms with Crippen LogP contribution in [0.3, 0.4) is 0 Å². The molecule has 0 aromatic heterocycles. The Balaban J connectivity index is 2.79. The van der Waals surface area contributed by atoms with E-state index in [1.807, 2.05) is 17.0 Å². The van der Waals surface area contributed by atoms with Crippen molar-refractivity contribution < 1.29 is 9.90 Å². The van der Waals surface area contributed by atoms with Crippen molar-refractivity contribution >= 4 is 11.7 Å². The molecule has 0 saturated carbocycles. The van der Waals surface area contributed by atoms with Crippen LogP contribution < -0.4 is 4.90 Å². The second-order valence-corrected chi connectivity index (χ2v) is 3.84. The highest BCUT2D eigenvalue weighted by atomic mass is 16.4. The molecule has 0 atom stereocenters. The minimum atomic E-state index is -0.784. The molecule has 0 unspecified atom stereocenters. The lowest BCUT2D eigenvalue weighted by Crippen LogP contribution is -2.30. The SMILES string of the molecule is CCCN(CC(=O)O)c1ccc(CC)cc1. The van der Waals surface area contributed by atoms with Gasteiger partial charge in [0.15, 0.2) is 0 Å². The van der Waals surface area contributed by atoms with Crippen LogP contribution in [0.2, 0.25) is 0 Å². The van der Waals surface area contributed by atoms with Crippen molar-refractivity contribution in [2.75, 3.05) is 18.0 Å². The first-order valence-electron chi connectivity index (χ1n) is 5.73. The molecule has 0 aliphatic heterocycles. The number of carboxylic acid groups (broad SMARTS) is 1. The van der Waals surface area contributed by atoms with Crippen LogP contribution in [0.5, 0.6) is 0 Å². The molecule has 0 aliphatic rings. The maximum atomic E-state index is 10.7. The minimum absolute atomic E-state index is 0.0688. The number of aryl methyl sites for hydroxylation is 1. The Kier molecular flexibility index (Phi) is 4.83. The molecular formula is C13H19NO2. The predicted octanol–water partition coefficient (Wildman–Crippen LogP) is 2.55. The summed E-state index contributed by atoms with van der Waals surface area (Å²) in [7, 11) is 0. The maximum absolute atomic E-state index is 10.7. The number of nitrogens with zero attached hydrogens (tertiary/aromatic N) is 1. The third-order valence-corrected chi connectivity index (χ3v) is 2.53. The summed E-state index contributed by atoms with van der Waals surface area (Å²) in [5, 5.41) is 8.83. The summed E-state index contributed by atoms with van der Waals surface area (Å²) >= 11 is 0. The zero-order chi connectivity index (χ0) is 12.0. The number of carboxylic acids is 1. The number of benzene rings is 1. The number of hydrogen-bond acceptors (Lipinski definition) is 2. The van der Waals surface area contributed by atoms with Gasteiger partial charge >= 0.3 is 5.97 Å². The van der Waals surface area contributed by atoms with Crippen molar-refractivity contribution in [2.24, 2.45) is 0 Å². The molecule has 3 nitrogen and oxygen atoms in total. The van der Waals surface area contributed by atoms with E-state index >= 15 is 0 Å². The highest BCUT2D eigenvalue weighted by molar-refractivity contribution is 5.73. The van der Waals surface area contributed by atoms with Crippen molar-refractivity contribution in [2.45, 2.75) is 26.7 Å². The van der Waals surface area contributed by atoms with E-state index in [4.69, 9.17) is 5.11 Å². The fourth-order valence-electron chi connectivity index (χ4n) is 1.68. The van der Waals surface area contributed by atoms with Gasteiger partial charge in [-0.3, -0.25) is 4.79 Å². The van der Waals surface area contributed by atoms with E-state index in [1.165, 1.54) is 5.56 Å². The third-order valence-electron chi connectivity index (χ3n) is 2.53. The number of hydrogen-bond donors (Lipinski definition) is 1. The summed E-state index contributed by atoms with van der Waals surface area (Å²) in [5.41, 5.74) is 2.26. The van der Waals surface area contributed by atoms with Crippen LogP contribution in [0.25, 0.3) is 0 Å². The topological polar surface area (TPSA) is 40.5 Å². The van der Waals surface area contributed by atoms with E-state index in [9.17, 15) is 4.79 Å². The Morgan fingerprint density at radius 3 is 2.31 bits per heavy atom. The van der Waals surface area contributed by atoms with Gasteiger partial charge in [-0.15, -0.1) is 0 Å². The van der Waals surface area contributed by atoms with Gasteiger partial charge in [-0.05, 0) is 30.5 Å². The molecule has 1 N–H and O–H groups in total. The highest BCUT2D eigenvalue weighted by Gasteiger charge is 2.09. The van der Waals surface area contributed by atoms with Crippen molar-refractivity contribution in [3.05, 3.63) is 29.8 Å². The molecule has 0 aliphatic carbocycles. The summed E-state index contributed by atoms with van der Waals surface area (Å²) in [6.45, 7) is 5.00. The van der Waals surface area contributed by atoms with Crippen LogP contribution in [0, 0.1) is 0 Å². The summed E-state index contributed by atoms with van der Waals surface area (Å²) in [4.78, 5) is 12.6. The van der Waals surface area contributed by atoms with E-state index in [1.54, 1.807) is 0 Å². The van der Waals surface area contributed by atoms with Crippen molar-refractivity contribution in [1.29, 1.82) is 0 Å². The Hall–Kier alpha value is -1.51. The third kappa shape index (κ3) is 3.57.